The zero-order chi connectivity index (χ0) is 17.0. The first-order chi connectivity index (χ1) is 11.6. The number of hydrogen-bond acceptors (Lipinski definition) is 4. The van der Waals surface area contributed by atoms with Gasteiger partial charge < -0.3 is 25.0 Å². The summed E-state index contributed by atoms with van der Waals surface area (Å²) < 4.78 is 12.1. The molecular weight excluding hydrogens is 308 g/mol. The number of nitrogens with zero attached hydrogens (tertiary/aromatic N) is 2. The van der Waals surface area contributed by atoms with Crippen LogP contribution in [0.15, 0.2) is 4.99 Å². The number of amides is 1. The number of nitrogens with one attached hydrogen (secondary N) is 2. The van der Waals surface area contributed by atoms with Crippen molar-refractivity contribution in [3.8, 4) is 0 Å². The molecule has 7 nitrogen and oxygen atoms in total. The van der Waals surface area contributed by atoms with E-state index < -0.39 is 0 Å². The molecule has 1 spiro atoms. The van der Waals surface area contributed by atoms with Gasteiger partial charge in [0.25, 0.3) is 0 Å². The van der Waals surface area contributed by atoms with Crippen LogP contribution >= 0.6 is 0 Å². The van der Waals surface area contributed by atoms with Crippen LogP contribution in [-0.4, -0.2) is 68.5 Å². The van der Waals surface area contributed by atoms with Crippen molar-refractivity contribution in [2.75, 3.05) is 33.8 Å². The molecule has 3 aliphatic rings. The summed E-state index contributed by atoms with van der Waals surface area (Å²) in [6.07, 6.45) is 8.01. The minimum Gasteiger partial charge on any atom is -0.354 e. The highest BCUT2D eigenvalue weighted by atomic mass is 16.7. The van der Waals surface area contributed by atoms with Crippen molar-refractivity contribution in [1.82, 2.24) is 15.5 Å². The Hall–Kier alpha value is -1.34. The first-order valence-corrected chi connectivity index (χ1v) is 9.13. The Labute approximate surface area is 144 Å². The van der Waals surface area contributed by atoms with E-state index in [0.717, 1.165) is 25.7 Å². The standard InChI is InChI=1S/C17H30N4O3/c1-21(2)15(22)11-19-16(20-13-6-7-13)18-10-14-12-23-17(24-14)8-4-3-5-9-17/h13-14H,3-12H2,1-2H3,(H2,18,19,20). The lowest BCUT2D eigenvalue weighted by atomic mass is 9.94. The molecule has 1 saturated heterocycles. The number of likely N-dealkylation sites (N-methyl/N-ethyl adjacent to an activating group) is 1. The topological polar surface area (TPSA) is 75.2 Å². The van der Waals surface area contributed by atoms with E-state index in [9.17, 15) is 4.79 Å². The van der Waals surface area contributed by atoms with Crippen molar-refractivity contribution < 1.29 is 14.3 Å². The predicted molar refractivity (Wildman–Crippen MR) is 91.8 cm³/mol. The minimum atomic E-state index is -0.341. The van der Waals surface area contributed by atoms with Crippen LogP contribution < -0.4 is 10.6 Å². The Kier molecular flexibility index (Phi) is 5.61. The molecule has 1 heterocycles. The molecular formula is C17H30N4O3. The highest BCUT2D eigenvalue weighted by molar-refractivity contribution is 5.85. The second kappa shape index (κ2) is 7.70. The molecule has 24 heavy (non-hydrogen) atoms. The van der Waals surface area contributed by atoms with E-state index >= 15 is 0 Å². The second-order valence-electron chi connectivity index (χ2n) is 7.27. The van der Waals surface area contributed by atoms with E-state index in [-0.39, 0.29) is 24.3 Å². The molecule has 1 amide bonds. The fourth-order valence-electron chi connectivity index (χ4n) is 3.14. The highest BCUT2D eigenvalue weighted by Crippen LogP contribution is 2.37. The smallest absolute Gasteiger partial charge is 0.243 e. The van der Waals surface area contributed by atoms with E-state index in [4.69, 9.17) is 9.47 Å². The Balaban J connectivity index is 1.48. The highest BCUT2D eigenvalue weighted by Gasteiger charge is 2.42. The lowest BCUT2D eigenvalue weighted by Gasteiger charge is -2.31. The second-order valence-corrected chi connectivity index (χ2v) is 7.27. The van der Waals surface area contributed by atoms with Gasteiger partial charge >= 0.3 is 0 Å². The number of aliphatic imine (C=N–C) groups is 1. The summed E-state index contributed by atoms with van der Waals surface area (Å²) in [7, 11) is 3.49. The average Bonchev–Trinajstić information content (AvgIpc) is 3.31. The summed E-state index contributed by atoms with van der Waals surface area (Å²) in [5.74, 6) is 0.349. The summed E-state index contributed by atoms with van der Waals surface area (Å²) in [4.78, 5) is 17.7. The van der Waals surface area contributed by atoms with Gasteiger partial charge in [-0.2, -0.15) is 0 Å². The molecule has 7 heteroatoms. The molecule has 1 unspecified atom stereocenters. The molecule has 0 aromatic heterocycles. The van der Waals surface area contributed by atoms with Gasteiger partial charge in [0, 0.05) is 39.5 Å². The van der Waals surface area contributed by atoms with Gasteiger partial charge in [-0.15, -0.1) is 0 Å². The van der Waals surface area contributed by atoms with Crippen LogP contribution in [0.1, 0.15) is 44.9 Å². The molecule has 1 aliphatic heterocycles. The lowest BCUT2D eigenvalue weighted by Crippen LogP contribution is -2.44. The van der Waals surface area contributed by atoms with Crippen molar-refractivity contribution >= 4 is 11.9 Å². The minimum absolute atomic E-state index is 0.00601. The van der Waals surface area contributed by atoms with Gasteiger partial charge in [-0.3, -0.25) is 4.79 Å². The SMILES string of the molecule is CN(C)C(=O)CN=C(NCC1COC2(CCCCC2)O1)NC1CC1. The molecule has 2 aliphatic carbocycles. The first-order valence-electron chi connectivity index (χ1n) is 9.13. The van der Waals surface area contributed by atoms with E-state index in [1.807, 2.05) is 0 Å². The first kappa shape index (κ1) is 17.5. The van der Waals surface area contributed by atoms with Crippen LogP contribution in [0.2, 0.25) is 0 Å². The monoisotopic (exact) mass is 338 g/mol. The van der Waals surface area contributed by atoms with Gasteiger partial charge in [-0.05, 0) is 25.7 Å². The Morgan fingerprint density at radius 2 is 2.00 bits per heavy atom. The zero-order valence-electron chi connectivity index (χ0n) is 14.8. The molecule has 2 saturated carbocycles. The molecule has 3 fully saturated rings. The number of carbonyl (C=O) groups is 1. The van der Waals surface area contributed by atoms with Crippen LogP contribution in [0.5, 0.6) is 0 Å². The molecule has 0 bridgehead atoms. The molecule has 1 atom stereocenters. The molecule has 0 aromatic carbocycles. The van der Waals surface area contributed by atoms with Gasteiger partial charge in [0.2, 0.25) is 5.91 Å². The lowest BCUT2D eigenvalue weighted by molar-refractivity contribution is -0.186. The number of guanidine groups is 1. The number of carbonyl (C=O) groups excluding carboxylic acids is 1. The normalized spacial score (nSPS) is 26.4. The Morgan fingerprint density at radius 1 is 1.25 bits per heavy atom. The molecule has 0 radical (unpaired) electrons. The fraction of sp³-hybridized carbons (Fsp3) is 0.882. The van der Waals surface area contributed by atoms with Gasteiger partial charge in [0.15, 0.2) is 11.7 Å². The van der Waals surface area contributed by atoms with Crippen molar-refractivity contribution in [1.29, 1.82) is 0 Å². The van der Waals surface area contributed by atoms with Crippen LogP contribution in [0.25, 0.3) is 0 Å². The molecule has 0 aromatic rings. The zero-order valence-corrected chi connectivity index (χ0v) is 14.8. The summed E-state index contributed by atoms with van der Waals surface area (Å²) in [5.41, 5.74) is 0. The van der Waals surface area contributed by atoms with Gasteiger partial charge in [0.1, 0.15) is 12.6 Å². The molecule has 3 rings (SSSR count). The van der Waals surface area contributed by atoms with Crippen LogP contribution in [0.4, 0.5) is 0 Å². The third-order valence-electron chi connectivity index (χ3n) is 4.82. The van der Waals surface area contributed by atoms with Gasteiger partial charge in [0.05, 0.1) is 6.61 Å². The Morgan fingerprint density at radius 3 is 2.67 bits per heavy atom. The fourth-order valence-corrected chi connectivity index (χ4v) is 3.14. The van der Waals surface area contributed by atoms with Crippen LogP contribution in [0.3, 0.4) is 0 Å². The maximum absolute atomic E-state index is 11.7. The summed E-state index contributed by atoms with van der Waals surface area (Å²) in [5, 5.41) is 6.66. The summed E-state index contributed by atoms with van der Waals surface area (Å²) in [6.45, 7) is 1.43. The van der Waals surface area contributed by atoms with Crippen LogP contribution in [-0.2, 0) is 14.3 Å². The maximum atomic E-state index is 11.7. The van der Waals surface area contributed by atoms with Crippen molar-refractivity contribution in [3.63, 3.8) is 0 Å². The maximum Gasteiger partial charge on any atom is 0.243 e. The van der Waals surface area contributed by atoms with Gasteiger partial charge in [-0.1, -0.05) is 6.42 Å². The largest absolute Gasteiger partial charge is 0.354 e. The number of hydrogen-bond donors (Lipinski definition) is 2. The molecule has 2 N–H and O–H groups in total. The van der Waals surface area contributed by atoms with E-state index in [1.54, 1.807) is 19.0 Å². The molecule has 136 valence electrons. The van der Waals surface area contributed by atoms with E-state index in [2.05, 4.69) is 15.6 Å². The van der Waals surface area contributed by atoms with Gasteiger partial charge in [-0.25, -0.2) is 4.99 Å². The van der Waals surface area contributed by atoms with Crippen LogP contribution in [0, 0.1) is 0 Å². The average molecular weight is 338 g/mol. The van der Waals surface area contributed by atoms with Crippen molar-refractivity contribution in [3.05, 3.63) is 0 Å². The number of ether oxygens (including phenoxy) is 2. The third-order valence-corrected chi connectivity index (χ3v) is 4.82. The predicted octanol–water partition coefficient (Wildman–Crippen LogP) is 0.848. The van der Waals surface area contributed by atoms with E-state index in [0.29, 0.717) is 25.2 Å². The van der Waals surface area contributed by atoms with Crippen molar-refractivity contribution in [2.45, 2.75) is 62.9 Å². The third kappa shape index (κ3) is 4.83. The summed E-state index contributed by atoms with van der Waals surface area (Å²) in [6, 6.07) is 0.483. The number of rotatable bonds is 5. The van der Waals surface area contributed by atoms with Crippen molar-refractivity contribution in [2.24, 2.45) is 4.99 Å². The Bertz CT molecular complexity index is 470. The van der Waals surface area contributed by atoms with E-state index in [1.165, 1.54) is 19.3 Å². The summed E-state index contributed by atoms with van der Waals surface area (Å²) >= 11 is 0. The quantitative estimate of drug-likeness (QED) is 0.574.